The smallest absolute Gasteiger partial charge is 0.272 e. The Bertz CT molecular complexity index is 1100. The van der Waals surface area contributed by atoms with Gasteiger partial charge in [-0.3, -0.25) is 14.5 Å². The molecule has 7 heteroatoms. The summed E-state index contributed by atoms with van der Waals surface area (Å²) in [4.78, 5) is 40.0. The van der Waals surface area contributed by atoms with Crippen molar-refractivity contribution in [2.24, 2.45) is 0 Å². The highest BCUT2D eigenvalue weighted by molar-refractivity contribution is 5.95. The van der Waals surface area contributed by atoms with Crippen LogP contribution >= 0.6 is 0 Å². The number of amides is 2. The second-order valence-electron chi connectivity index (χ2n) is 9.33. The Morgan fingerprint density at radius 2 is 1.74 bits per heavy atom. The van der Waals surface area contributed by atoms with Gasteiger partial charge < -0.3 is 14.8 Å². The maximum atomic E-state index is 13.5. The van der Waals surface area contributed by atoms with Gasteiger partial charge in [0.1, 0.15) is 5.69 Å². The molecule has 0 spiro atoms. The van der Waals surface area contributed by atoms with Gasteiger partial charge in [-0.15, -0.1) is 0 Å². The molecule has 0 atom stereocenters. The van der Waals surface area contributed by atoms with Crippen molar-refractivity contribution in [1.82, 2.24) is 19.8 Å². The number of carbonyl (C=O) groups excluding carboxylic acids is 2. The van der Waals surface area contributed by atoms with E-state index in [1.54, 1.807) is 6.20 Å². The van der Waals surface area contributed by atoms with Gasteiger partial charge >= 0.3 is 0 Å². The number of aromatic amines is 1. The van der Waals surface area contributed by atoms with Crippen LogP contribution in [-0.2, 0) is 17.8 Å². The zero-order chi connectivity index (χ0) is 24.6. The third-order valence-corrected chi connectivity index (χ3v) is 6.65. The molecule has 0 fully saturated rings. The second-order valence-corrected chi connectivity index (χ2v) is 9.33. The monoisotopic (exact) mass is 473 g/mol. The molecule has 2 heterocycles. The zero-order valence-electron chi connectivity index (χ0n) is 20.7. The van der Waals surface area contributed by atoms with E-state index in [0.29, 0.717) is 44.2 Å². The van der Waals surface area contributed by atoms with Gasteiger partial charge in [0.05, 0.1) is 12.5 Å². The standard InChI is InChI=1S/C28H35N5O2/c1-22(2)31-15-8-16-33(27(34)14-13-23-9-4-3-5-10-23)26-12-7-6-11-24(26)20-32(18-17-31)28(35)25-19-29-21-30-25/h3-7,9-12,19,21-22H,8,13-18,20H2,1-2H3,(H,29,30). The van der Waals surface area contributed by atoms with Gasteiger partial charge in [-0.05, 0) is 43.9 Å². The fourth-order valence-electron chi connectivity index (χ4n) is 4.63. The number of carbonyl (C=O) groups is 2. The van der Waals surface area contributed by atoms with E-state index in [-0.39, 0.29) is 11.8 Å². The highest BCUT2D eigenvalue weighted by Crippen LogP contribution is 2.25. The summed E-state index contributed by atoms with van der Waals surface area (Å²) >= 11 is 0. The maximum Gasteiger partial charge on any atom is 0.272 e. The van der Waals surface area contributed by atoms with E-state index in [2.05, 4.69) is 40.8 Å². The van der Waals surface area contributed by atoms with E-state index in [9.17, 15) is 9.59 Å². The molecule has 1 aliphatic heterocycles. The van der Waals surface area contributed by atoms with Crippen LogP contribution in [0.25, 0.3) is 0 Å². The first-order valence-corrected chi connectivity index (χ1v) is 12.5. The first kappa shape index (κ1) is 24.7. The Labute approximate surface area is 207 Å². The topological polar surface area (TPSA) is 72.5 Å². The van der Waals surface area contributed by atoms with Crippen LogP contribution in [0.5, 0.6) is 0 Å². The van der Waals surface area contributed by atoms with Crippen molar-refractivity contribution < 1.29 is 9.59 Å². The number of H-pyrrole nitrogens is 1. The summed E-state index contributed by atoms with van der Waals surface area (Å²) in [7, 11) is 0. The fourth-order valence-corrected chi connectivity index (χ4v) is 4.63. The minimum atomic E-state index is -0.0813. The SMILES string of the molecule is CC(C)N1CCCN(C(=O)CCc2ccccc2)c2ccccc2CN(C(=O)c2cnc[nH]2)CC1. The maximum absolute atomic E-state index is 13.5. The van der Waals surface area contributed by atoms with Crippen molar-refractivity contribution >= 4 is 17.5 Å². The number of fused-ring (bicyclic) bond motifs is 1. The average Bonchev–Trinajstić information content (AvgIpc) is 3.40. The van der Waals surface area contributed by atoms with Crippen LogP contribution in [0.3, 0.4) is 0 Å². The number of aryl methyl sites for hydroxylation is 1. The quantitative estimate of drug-likeness (QED) is 0.605. The molecule has 3 aromatic rings. The lowest BCUT2D eigenvalue weighted by atomic mass is 10.1. The van der Waals surface area contributed by atoms with Crippen LogP contribution in [0, 0.1) is 0 Å². The van der Waals surface area contributed by atoms with E-state index >= 15 is 0 Å². The van der Waals surface area contributed by atoms with E-state index in [0.717, 1.165) is 36.3 Å². The molecule has 0 saturated heterocycles. The normalized spacial score (nSPS) is 15.5. The van der Waals surface area contributed by atoms with Crippen molar-refractivity contribution in [2.75, 3.05) is 31.1 Å². The largest absolute Gasteiger partial charge is 0.341 e. The van der Waals surface area contributed by atoms with Crippen LogP contribution in [0.4, 0.5) is 5.69 Å². The van der Waals surface area contributed by atoms with Crippen LogP contribution in [0.2, 0.25) is 0 Å². The Balaban J connectivity index is 1.62. The lowest BCUT2D eigenvalue weighted by molar-refractivity contribution is -0.118. The number of aromatic nitrogens is 2. The van der Waals surface area contributed by atoms with E-state index in [4.69, 9.17) is 0 Å². The molecule has 0 bridgehead atoms. The van der Waals surface area contributed by atoms with Gasteiger partial charge in [-0.2, -0.15) is 0 Å². The molecule has 184 valence electrons. The number of benzene rings is 2. The van der Waals surface area contributed by atoms with Crippen molar-refractivity contribution in [1.29, 1.82) is 0 Å². The summed E-state index contributed by atoms with van der Waals surface area (Å²) in [5.74, 6) is 0.0327. The molecule has 4 rings (SSSR count). The number of nitrogens with zero attached hydrogens (tertiary/aromatic N) is 4. The number of para-hydroxylation sites is 1. The summed E-state index contributed by atoms with van der Waals surface area (Å²) in [6.07, 6.45) is 5.13. The molecule has 1 aliphatic rings. The molecule has 0 radical (unpaired) electrons. The summed E-state index contributed by atoms with van der Waals surface area (Å²) in [5, 5.41) is 0. The predicted octanol–water partition coefficient (Wildman–Crippen LogP) is 4.13. The first-order valence-electron chi connectivity index (χ1n) is 12.5. The molecule has 0 saturated carbocycles. The molecule has 1 aromatic heterocycles. The Morgan fingerprint density at radius 3 is 2.49 bits per heavy atom. The fraction of sp³-hybridized carbons (Fsp3) is 0.393. The lowest BCUT2D eigenvalue weighted by Crippen LogP contribution is -2.41. The predicted molar refractivity (Wildman–Crippen MR) is 138 cm³/mol. The van der Waals surface area contributed by atoms with Crippen LogP contribution in [0.1, 0.15) is 48.3 Å². The number of hydrogen-bond donors (Lipinski definition) is 1. The number of nitrogens with one attached hydrogen (secondary N) is 1. The Hall–Kier alpha value is -3.45. The number of anilines is 1. The number of hydrogen-bond acceptors (Lipinski definition) is 4. The molecular formula is C28H35N5O2. The molecule has 35 heavy (non-hydrogen) atoms. The van der Waals surface area contributed by atoms with Crippen molar-refractivity contribution in [2.45, 2.75) is 45.7 Å². The minimum absolute atomic E-state index is 0.0813. The van der Waals surface area contributed by atoms with Gasteiger partial charge in [0, 0.05) is 50.9 Å². The van der Waals surface area contributed by atoms with E-state index < -0.39 is 0 Å². The lowest BCUT2D eigenvalue weighted by Gasteiger charge is -2.29. The van der Waals surface area contributed by atoms with Crippen molar-refractivity contribution in [3.05, 3.63) is 83.9 Å². The van der Waals surface area contributed by atoms with Crippen molar-refractivity contribution in [3.8, 4) is 0 Å². The second kappa shape index (κ2) is 11.8. The van der Waals surface area contributed by atoms with Crippen LogP contribution in [0.15, 0.2) is 67.1 Å². The molecule has 0 aliphatic carbocycles. The molecule has 1 N–H and O–H groups in total. The minimum Gasteiger partial charge on any atom is -0.341 e. The van der Waals surface area contributed by atoms with Crippen molar-refractivity contribution in [3.63, 3.8) is 0 Å². The zero-order valence-corrected chi connectivity index (χ0v) is 20.7. The molecule has 7 nitrogen and oxygen atoms in total. The average molecular weight is 474 g/mol. The molecule has 0 unspecified atom stereocenters. The molecule has 2 aromatic carbocycles. The summed E-state index contributed by atoms with van der Waals surface area (Å²) in [6.45, 7) is 7.70. The highest BCUT2D eigenvalue weighted by Gasteiger charge is 2.25. The Kier molecular flexibility index (Phi) is 8.32. The third-order valence-electron chi connectivity index (χ3n) is 6.65. The van der Waals surface area contributed by atoms with Gasteiger partial charge in [0.15, 0.2) is 0 Å². The number of rotatable bonds is 5. The van der Waals surface area contributed by atoms with E-state index in [1.165, 1.54) is 6.33 Å². The van der Waals surface area contributed by atoms with Gasteiger partial charge in [-0.1, -0.05) is 48.5 Å². The third kappa shape index (κ3) is 6.36. The van der Waals surface area contributed by atoms with Crippen LogP contribution in [-0.4, -0.2) is 63.8 Å². The Morgan fingerprint density at radius 1 is 0.971 bits per heavy atom. The van der Waals surface area contributed by atoms with Gasteiger partial charge in [-0.25, -0.2) is 4.98 Å². The summed E-state index contributed by atoms with van der Waals surface area (Å²) in [5.41, 5.74) is 3.51. The van der Waals surface area contributed by atoms with Crippen LogP contribution < -0.4 is 4.90 Å². The highest BCUT2D eigenvalue weighted by atomic mass is 16.2. The van der Waals surface area contributed by atoms with E-state index in [1.807, 2.05) is 52.3 Å². The number of imidazole rings is 1. The first-order chi connectivity index (χ1) is 17.0. The van der Waals surface area contributed by atoms with Gasteiger partial charge in [0.2, 0.25) is 5.91 Å². The summed E-state index contributed by atoms with van der Waals surface area (Å²) in [6, 6.07) is 18.5. The molecule has 2 amide bonds. The van der Waals surface area contributed by atoms with Gasteiger partial charge in [0.25, 0.3) is 5.91 Å². The molecular weight excluding hydrogens is 438 g/mol. The summed E-state index contributed by atoms with van der Waals surface area (Å²) < 4.78 is 0.